The van der Waals surface area contributed by atoms with Crippen molar-refractivity contribution in [3.63, 3.8) is 0 Å². The van der Waals surface area contributed by atoms with E-state index in [1.807, 2.05) is 6.92 Å². The average molecular weight is 548 g/mol. The van der Waals surface area contributed by atoms with Crippen LogP contribution in [0.25, 0.3) is 10.4 Å². The van der Waals surface area contributed by atoms with Gasteiger partial charge in [-0.15, -0.1) is 11.3 Å². The molecule has 0 radical (unpaired) electrons. The van der Waals surface area contributed by atoms with E-state index in [2.05, 4.69) is 20.6 Å². The van der Waals surface area contributed by atoms with Gasteiger partial charge < -0.3 is 20.6 Å². The summed E-state index contributed by atoms with van der Waals surface area (Å²) in [5.41, 5.74) is -1.02. The molecule has 1 aliphatic carbocycles. The van der Waals surface area contributed by atoms with Crippen LogP contribution in [0.5, 0.6) is 0 Å². The van der Waals surface area contributed by atoms with E-state index in [0.717, 1.165) is 43.4 Å². The molecule has 0 bridgehead atoms. The number of thiazole rings is 1. The molecule has 2 aromatic rings. The molecule has 1 aliphatic heterocycles. The van der Waals surface area contributed by atoms with Crippen molar-refractivity contribution < 1.29 is 36.6 Å². The Hall–Kier alpha value is -2.87. The minimum absolute atomic E-state index is 0.0129. The third-order valence-electron chi connectivity index (χ3n) is 6.56. The van der Waals surface area contributed by atoms with E-state index in [4.69, 9.17) is 0 Å². The second-order valence-electron chi connectivity index (χ2n) is 9.35. The van der Waals surface area contributed by atoms with Gasteiger partial charge in [-0.05, 0) is 45.6 Å². The Bertz CT molecular complexity index is 1170. The third-order valence-corrected chi connectivity index (χ3v) is 7.64. The Morgan fingerprint density at radius 2 is 1.97 bits per heavy atom. The second-order valence-corrected chi connectivity index (χ2v) is 10.3. The number of alkyl halides is 5. The summed E-state index contributed by atoms with van der Waals surface area (Å²) in [6, 6.07) is -1.61. The normalized spacial score (nSPS) is 22.6. The van der Waals surface area contributed by atoms with Crippen LogP contribution in [0.3, 0.4) is 0 Å². The summed E-state index contributed by atoms with van der Waals surface area (Å²) >= 11 is 0.735. The number of aromatic nitrogens is 2. The number of amides is 2. The molecule has 202 valence electrons. The average Bonchev–Trinajstić information content (AvgIpc) is 3.43. The smallest absolute Gasteiger partial charge is 0.393 e. The number of likely N-dealkylation sites (tertiary alicyclic amines) is 1. The number of hydrogen-bond acceptors (Lipinski definition) is 7. The highest BCUT2D eigenvalue weighted by atomic mass is 32.1. The van der Waals surface area contributed by atoms with Crippen molar-refractivity contribution in [3.8, 4) is 10.4 Å². The summed E-state index contributed by atoms with van der Waals surface area (Å²) in [5, 5.41) is 14.1. The fraction of sp³-hybridized carbons (Fsp3) is 0.565. The number of nitrogens with one attached hydrogen (secondary N) is 2. The van der Waals surface area contributed by atoms with Crippen LogP contribution in [-0.4, -0.2) is 68.7 Å². The molecule has 0 spiro atoms. The lowest BCUT2D eigenvalue weighted by Crippen LogP contribution is -2.46. The summed E-state index contributed by atoms with van der Waals surface area (Å²) < 4.78 is 67.0. The summed E-state index contributed by atoms with van der Waals surface area (Å²) in [6.45, 7) is 3.12. The highest BCUT2D eigenvalue weighted by Crippen LogP contribution is 2.39. The van der Waals surface area contributed by atoms with Gasteiger partial charge in [-0.2, -0.15) is 13.2 Å². The zero-order chi connectivity index (χ0) is 27.1. The lowest BCUT2D eigenvalue weighted by atomic mass is 9.89. The molecule has 0 unspecified atom stereocenters. The maximum atomic E-state index is 14.1. The van der Waals surface area contributed by atoms with Crippen molar-refractivity contribution in [1.82, 2.24) is 20.2 Å². The molecule has 14 heteroatoms. The molecule has 1 saturated carbocycles. The summed E-state index contributed by atoms with van der Waals surface area (Å²) in [5.74, 6) is -1.54. The molecule has 37 heavy (non-hydrogen) atoms. The zero-order valence-corrected chi connectivity index (χ0v) is 20.8. The summed E-state index contributed by atoms with van der Waals surface area (Å²) in [6.07, 6.45) is -5.03. The van der Waals surface area contributed by atoms with Gasteiger partial charge in [-0.1, -0.05) is 0 Å². The van der Waals surface area contributed by atoms with Crippen LogP contribution in [0.15, 0.2) is 12.3 Å². The van der Waals surface area contributed by atoms with Gasteiger partial charge in [0.1, 0.15) is 17.6 Å². The number of carbonyl (C=O) groups is 2. The molecule has 8 nitrogen and oxygen atoms in total. The van der Waals surface area contributed by atoms with Crippen molar-refractivity contribution in [2.45, 2.75) is 76.4 Å². The lowest BCUT2D eigenvalue weighted by molar-refractivity contribution is -0.138. The van der Waals surface area contributed by atoms with E-state index in [9.17, 15) is 36.6 Å². The number of aliphatic hydroxyl groups is 1. The zero-order valence-electron chi connectivity index (χ0n) is 20.0. The first kappa shape index (κ1) is 27.2. The van der Waals surface area contributed by atoms with E-state index in [1.165, 1.54) is 0 Å². The van der Waals surface area contributed by atoms with Crippen LogP contribution in [-0.2, 0) is 0 Å². The van der Waals surface area contributed by atoms with Gasteiger partial charge >= 0.3 is 6.18 Å². The Kier molecular flexibility index (Phi) is 7.70. The number of carbonyl (C=O) groups excluding carboxylic acids is 2. The van der Waals surface area contributed by atoms with E-state index < -0.39 is 47.9 Å². The number of pyridine rings is 1. The Morgan fingerprint density at radius 1 is 1.27 bits per heavy atom. The molecule has 4 rings (SSSR count). The monoisotopic (exact) mass is 547 g/mol. The maximum absolute atomic E-state index is 14.1. The molecule has 1 saturated heterocycles. The van der Waals surface area contributed by atoms with Crippen LogP contribution < -0.4 is 10.6 Å². The van der Waals surface area contributed by atoms with Gasteiger partial charge in [-0.3, -0.25) is 9.59 Å². The first-order valence-electron chi connectivity index (χ1n) is 11.8. The van der Waals surface area contributed by atoms with Crippen LogP contribution in [0, 0.1) is 0 Å². The third kappa shape index (κ3) is 5.84. The first-order chi connectivity index (χ1) is 17.3. The molecule has 0 aromatic carbocycles. The number of aliphatic hydroxyl groups excluding tert-OH is 1. The minimum Gasteiger partial charge on any atom is -0.393 e. The minimum atomic E-state index is -4.62. The molecule has 2 atom stereocenters. The van der Waals surface area contributed by atoms with Gasteiger partial charge in [0.2, 0.25) is 0 Å². The predicted molar refractivity (Wildman–Crippen MR) is 126 cm³/mol. The Morgan fingerprint density at radius 3 is 2.54 bits per heavy atom. The van der Waals surface area contributed by atoms with Crippen molar-refractivity contribution in [1.29, 1.82) is 0 Å². The van der Waals surface area contributed by atoms with Gasteiger partial charge in [0, 0.05) is 36.0 Å². The molecule has 3 heterocycles. The molecule has 3 N–H and O–H groups in total. The maximum Gasteiger partial charge on any atom is 0.408 e. The van der Waals surface area contributed by atoms with E-state index >= 15 is 0 Å². The largest absolute Gasteiger partial charge is 0.408 e. The highest BCUT2D eigenvalue weighted by molar-refractivity contribution is 7.17. The van der Waals surface area contributed by atoms with Crippen molar-refractivity contribution in [2.75, 3.05) is 11.9 Å². The Labute approximate surface area is 213 Å². The number of halogens is 5. The standard InChI is InChI=1S/C23H26F5N5O3S/c1-10-4-3-5-33(10)22(36)17-18(37-21(32-17)20(35)31-12-6-13(34)7-12)15-9-29-16(8-14(15)19(24)25)30-11(2)23(26,27)28/h8-13,19,34H,3-7H2,1-2H3,(H,29,30)(H,31,35)/t10-,11-,12-,13-/m0/s1. The number of hydrogen-bond donors (Lipinski definition) is 3. The fourth-order valence-electron chi connectivity index (χ4n) is 4.29. The van der Waals surface area contributed by atoms with E-state index in [-0.39, 0.29) is 33.2 Å². The van der Waals surface area contributed by atoms with Crippen molar-refractivity contribution >= 4 is 29.0 Å². The first-order valence-corrected chi connectivity index (χ1v) is 12.6. The topological polar surface area (TPSA) is 107 Å². The molecule has 2 fully saturated rings. The van der Waals surface area contributed by atoms with E-state index in [0.29, 0.717) is 19.4 Å². The van der Waals surface area contributed by atoms with E-state index in [1.54, 1.807) is 4.90 Å². The molecule has 2 aliphatic rings. The van der Waals surface area contributed by atoms with Crippen molar-refractivity contribution in [3.05, 3.63) is 28.5 Å². The number of rotatable bonds is 7. The van der Waals surface area contributed by atoms with Crippen LogP contribution in [0.1, 0.15) is 71.8 Å². The lowest BCUT2D eigenvalue weighted by Gasteiger charge is -2.31. The predicted octanol–water partition coefficient (Wildman–Crippen LogP) is 4.38. The molecular weight excluding hydrogens is 521 g/mol. The number of anilines is 1. The summed E-state index contributed by atoms with van der Waals surface area (Å²) in [7, 11) is 0. The molecular formula is C23H26F5N5O3S. The van der Waals surface area contributed by atoms with Gasteiger partial charge in [0.25, 0.3) is 18.2 Å². The molecule has 2 amide bonds. The number of nitrogens with zero attached hydrogens (tertiary/aromatic N) is 3. The quantitative estimate of drug-likeness (QED) is 0.444. The highest BCUT2D eigenvalue weighted by Gasteiger charge is 2.37. The van der Waals surface area contributed by atoms with Gasteiger partial charge in [0.05, 0.1) is 11.0 Å². The second kappa shape index (κ2) is 10.5. The van der Waals surface area contributed by atoms with Gasteiger partial charge in [-0.25, -0.2) is 18.7 Å². The Balaban J connectivity index is 1.73. The SMILES string of the molecule is C[C@H](Nc1cc(C(F)F)c(-c2sc(C(=O)N[C@H]3C[C@H](O)C3)nc2C(=O)N2CCC[C@@H]2C)cn1)C(F)(F)F. The summed E-state index contributed by atoms with van der Waals surface area (Å²) in [4.78, 5) is 35.8. The van der Waals surface area contributed by atoms with Crippen LogP contribution in [0.4, 0.5) is 27.8 Å². The molecule has 2 aromatic heterocycles. The van der Waals surface area contributed by atoms with Gasteiger partial charge in [0.15, 0.2) is 5.01 Å². The van der Waals surface area contributed by atoms with Crippen LogP contribution in [0.2, 0.25) is 0 Å². The van der Waals surface area contributed by atoms with Crippen LogP contribution >= 0.6 is 11.3 Å². The fourth-order valence-corrected chi connectivity index (χ4v) is 5.28. The van der Waals surface area contributed by atoms with Crippen molar-refractivity contribution in [2.24, 2.45) is 0 Å².